The van der Waals surface area contributed by atoms with E-state index in [0.717, 1.165) is 23.3 Å². The summed E-state index contributed by atoms with van der Waals surface area (Å²) < 4.78 is 20.2. The number of hydrogen-bond donors (Lipinski definition) is 0. The Morgan fingerprint density at radius 1 is 0.935 bits per heavy atom. The highest BCUT2D eigenvalue weighted by Crippen LogP contribution is 2.44. The summed E-state index contributed by atoms with van der Waals surface area (Å²) in [6.07, 6.45) is 12.8. The van der Waals surface area contributed by atoms with Crippen LogP contribution in [-0.2, 0) is 0 Å². The van der Waals surface area contributed by atoms with Crippen LogP contribution in [0, 0.1) is 23.6 Å². The maximum atomic E-state index is 14.8. The van der Waals surface area contributed by atoms with Gasteiger partial charge in [-0.1, -0.05) is 41.9 Å². The van der Waals surface area contributed by atoms with E-state index in [4.69, 9.17) is 16.3 Å². The molecule has 1 nitrogen and oxygen atoms in total. The summed E-state index contributed by atoms with van der Waals surface area (Å²) >= 11 is 6.17. The van der Waals surface area contributed by atoms with Crippen molar-refractivity contribution in [3.63, 3.8) is 0 Å². The lowest BCUT2D eigenvalue weighted by Gasteiger charge is -2.37. The molecule has 2 aromatic carbocycles. The second kappa shape index (κ2) is 10.2. The van der Waals surface area contributed by atoms with Crippen molar-refractivity contribution in [3.8, 4) is 16.9 Å². The monoisotopic (exact) mass is 440 g/mol. The topological polar surface area (TPSA) is 9.23 Å². The van der Waals surface area contributed by atoms with Crippen LogP contribution in [0.2, 0.25) is 5.02 Å². The van der Waals surface area contributed by atoms with Crippen LogP contribution in [-0.4, -0.2) is 6.61 Å². The molecule has 0 saturated heterocycles. The Balaban J connectivity index is 1.37. The fourth-order valence-electron chi connectivity index (χ4n) is 5.73. The molecule has 0 unspecified atom stereocenters. The summed E-state index contributed by atoms with van der Waals surface area (Å²) in [5.41, 5.74) is 2.77. The first kappa shape index (κ1) is 22.4. The van der Waals surface area contributed by atoms with Crippen LogP contribution < -0.4 is 4.74 Å². The van der Waals surface area contributed by atoms with Crippen molar-refractivity contribution < 1.29 is 9.13 Å². The molecular formula is C28H34ClFO. The zero-order valence-electron chi connectivity index (χ0n) is 18.6. The molecule has 0 aromatic heterocycles. The van der Waals surface area contributed by atoms with Crippen LogP contribution in [0.1, 0.15) is 69.8 Å². The molecule has 2 aliphatic rings. The molecule has 0 atom stereocenters. The van der Waals surface area contributed by atoms with Crippen molar-refractivity contribution in [2.24, 2.45) is 17.8 Å². The highest BCUT2D eigenvalue weighted by Gasteiger charge is 2.30. The minimum Gasteiger partial charge on any atom is -0.492 e. The molecule has 2 saturated carbocycles. The van der Waals surface area contributed by atoms with Gasteiger partial charge in [0.2, 0.25) is 0 Å². The molecule has 2 fully saturated rings. The molecule has 3 heteroatoms. The lowest BCUT2D eigenvalue weighted by Crippen LogP contribution is -2.25. The molecule has 0 heterocycles. The summed E-state index contributed by atoms with van der Waals surface area (Å²) in [6, 6.07) is 11.9. The van der Waals surface area contributed by atoms with Gasteiger partial charge < -0.3 is 4.74 Å². The first-order valence-corrected chi connectivity index (χ1v) is 12.3. The van der Waals surface area contributed by atoms with Crippen molar-refractivity contribution in [1.29, 1.82) is 0 Å². The molecule has 0 aliphatic heterocycles. The molecule has 166 valence electrons. The van der Waals surface area contributed by atoms with E-state index in [-0.39, 0.29) is 5.02 Å². The smallest absolute Gasteiger partial charge is 0.153 e. The number of ether oxygens (including phenoxy) is 1. The van der Waals surface area contributed by atoms with E-state index < -0.39 is 5.82 Å². The Bertz CT molecular complexity index is 875. The Labute approximate surface area is 191 Å². The summed E-state index contributed by atoms with van der Waals surface area (Å²) in [4.78, 5) is 0. The standard InChI is InChI=1S/C28H34ClFO/c1-3-19-5-7-20(8-6-19)21-9-11-22(12-10-21)23-13-15-24(16-14-23)25-17-18-26(31-4-2)27(29)28(25)30/h3,13-22H,1,4-12H2,2H3. The lowest BCUT2D eigenvalue weighted by molar-refractivity contribution is 0.171. The quantitative estimate of drug-likeness (QED) is 0.407. The predicted molar refractivity (Wildman–Crippen MR) is 128 cm³/mol. The predicted octanol–water partition coefficient (Wildman–Crippen LogP) is 8.81. The summed E-state index contributed by atoms with van der Waals surface area (Å²) in [6.45, 7) is 6.30. The van der Waals surface area contributed by atoms with Crippen LogP contribution in [0.25, 0.3) is 11.1 Å². The molecular weight excluding hydrogens is 407 g/mol. The van der Waals surface area contributed by atoms with Gasteiger partial charge in [0.15, 0.2) is 5.82 Å². The fourth-order valence-corrected chi connectivity index (χ4v) is 5.95. The molecule has 0 N–H and O–H groups in total. The van der Waals surface area contributed by atoms with Crippen molar-refractivity contribution in [1.82, 2.24) is 0 Å². The largest absolute Gasteiger partial charge is 0.492 e. The third-order valence-electron chi connectivity index (χ3n) is 7.63. The van der Waals surface area contributed by atoms with Crippen LogP contribution >= 0.6 is 11.6 Å². The minimum atomic E-state index is -0.410. The van der Waals surface area contributed by atoms with Crippen LogP contribution in [0.4, 0.5) is 4.39 Å². The fraction of sp³-hybridized carbons (Fsp3) is 0.500. The van der Waals surface area contributed by atoms with Gasteiger partial charge in [-0.05, 0) is 105 Å². The minimum absolute atomic E-state index is 0.0591. The van der Waals surface area contributed by atoms with Gasteiger partial charge in [-0.3, -0.25) is 0 Å². The van der Waals surface area contributed by atoms with E-state index in [9.17, 15) is 4.39 Å². The summed E-state index contributed by atoms with van der Waals surface area (Å²) in [5.74, 6) is 3.20. The first-order chi connectivity index (χ1) is 15.1. The second-order valence-electron chi connectivity index (χ2n) is 9.32. The van der Waals surface area contributed by atoms with E-state index in [1.54, 1.807) is 12.1 Å². The van der Waals surface area contributed by atoms with Gasteiger partial charge in [0, 0.05) is 5.56 Å². The molecule has 31 heavy (non-hydrogen) atoms. The molecule has 0 bridgehead atoms. The molecule has 0 radical (unpaired) electrons. The van der Waals surface area contributed by atoms with E-state index in [1.807, 2.05) is 19.1 Å². The Morgan fingerprint density at radius 3 is 2.13 bits per heavy atom. The average molecular weight is 441 g/mol. The van der Waals surface area contributed by atoms with E-state index >= 15 is 0 Å². The van der Waals surface area contributed by atoms with Gasteiger partial charge in [0.1, 0.15) is 10.8 Å². The van der Waals surface area contributed by atoms with Gasteiger partial charge in [-0.15, -0.1) is 6.58 Å². The molecule has 2 aliphatic carbocycles. The Morgan fingerprint density at radius 2 is 1.55 bits per heavy atom. The third-order valence-corrected chi connectivity index (χ3v) is 7.98. The number of benzene rings is 2. The molecule has 0 spiro atoms. The van der Waals surface area contributed by atoms with Crippen LogP contribution in [0.15, 0.2) is 49.1 Å². The summed E-state index contributed by atoms with van der Waals surface area (Å²) in [5, 5.41) is 0.0591. The summed E-state index contributed by atoms with van der Waals surface area (Å²) in [7, 11) is 0. The van der Waals surface area contributed by atoms with Crippen molar-refractivity contribution >= 4 is 11.6 Å². The highest BCUT2D eigenvalue weighted by atomic mass is 35.5. The number of halogens is 2. The number of hydrogen-bond acceptors (Lipinski definition) is 1. The highest BCUT2D eigenvalue weighted by molar-refractivity contribution is 6.32. The van der Waals surface area contributed by atoms with Gasteiger partial charge in [-0.25, -0.2) is 4.39 Å². The number of allylic oxidation sites excluding steroid dienone is 1. The Hall–Kier alpha value is -1.80. The van der Waals surface area contributed by atoms with Crippen LogP contribution in [0.5, 0.6) is 5.75 Å². The normalized spacial score (nSPS) is 26.4. The third kappa shape index (κ3) is 5.00. The second-order valence-corrected chi connectivity index (χ2v) is 9.69. The average Bonchev–Trinajstić information content (AvgIpc) is 2.83. The zero-order chi connectivity index (χ0) is 21.8. The van der Waals surface area contributed by atoms with Crippen molar-refractivity contribution in [2.75, 3.05) is 6.61 Å². The van der Waals surface area contributed by atoms with Crippen LogP contribution in [0.3, 0.4) is 0 Å². The van der Waals surface area contributed by atoms with E-state index in [1.165, 1.54) is 56.9 Å². The van der Waals surface area contributed by atoms with Gasteiger partial charge in [-0.2, -0.15) is 0 Å². The molecule has 4 rings (SSSR count). The van der Waals surface area contributed by atoms with Crippen molar-refractivity contribution in [2.45, 2.75) is 64.2 Å². The zero-order valence-corrected chi connectivity index (χ0v) is 19.3. The Kier molecular flexibility index (Phi) is 7.38. The number of rotatable bonds is 6. The van der Waals surface area contributed by atoms with E-state index in [0.29, 0.717) is 23.8 Å². The molecule has 0 amide bonds. The first-order valence-electron chi connectivity index (χ1n) is 11.9. The maximum Gasteiger partial charge on any atom is 0.153 e. The SMILES string of the molecule is C=CC1CCC(C2CCC(c3ccc(-c4ccc(OCC)c(Cl)c4F)cc3)CC2)CC1. The van der Waals surface area contributed by atoms with Gasteiger partial charge >= 0.3 is 0 Å². The molecule has 2 aromatic rings. The van der Waals surface area contributed by atoms with Gasteiger partial charge in [0.05, 0.1) is 6.61 Å². The van der Waals surface area contributed by atoms with E-state index in [2.05, 4.69) is 24.8 Å². The lowest BCUT2D eigenvalue weighted by atomic mass is 9.68. The van der Waals surface area contributed by atoms with Gasteiger partial charge in [0.25, 0.3) is 0 Å². The van der Waals surface area contributed by atoms with Crippen molar-refractivity contribution in [3.05, 3.63) is 65.5 Å². The maximum absolute atomic E-state index is 14.8.